The number of nitrogens with two attached hydrogens (primary N) is 2. The van der Waals surface area contributed by atoms with Crippen LogP contribution < -0.4 is 26.2 Å². The Bertz CT molecular complexity index is 1870. The van der Waals surface area contributed by atoms with Crippen LogP contribution in [0.2, 0.25) is 0 Å². The Morgan fingerprint density at radius 1 is 1.27 bits per heavy atom. The van der Waals surface area contributed by atoms with Crippen LogP contribution in [0.3, 0.4) is 0 Å². The Morgan fingerprint density at radius 3 is 2.61 bits per heavy atom. The van der Waals surface area contributed by atoms with Gasteiger partial charge in [0.2, 0.25) is 16.6 Å². The van der Waals surface area contributed by atoms with Gasteiger partial charge in [-0.05, 0) is 57.5 Å². The number of rotatable bonds is 18. The molecule has 2 unspecified atom stereocenters. The highest BCUT2D eigenvalue weighted by molar-refractivity contribution is 7.80. The van der Waals surface area contributed by atoms with E-state index >= 15 is 0 Å². The molecule has 2 aliphatic rings. The van der Waals surface area contributed by atoms with Gasteiger partial charge in [0, 0.05) is 24.3 Å². The number of amides is 1. The first-order valence-electron chi connectivity index (χ1n) is 16.1. The molecule has 2 fully saturated rings. The number of ether oxygens (including phenoxy) is 1. The van der Waals surface area contributed by atoms with E-state index in [1.54, 1.807) is 12.1 Å². The number of nitrogens with zero attached hydrogens (tertiary/aromatic N) is 5. The number of carboxylic acids is 1. The van der Waals surface area contributed by atoms with E-state index in [1.165, 1.54) is 19.2 Å². The molecule has 4 heterocycles. The number of hydrogen-bond acceptors (Lipinski definition) is 15. The van der Waals surface area contributed by atoms with Crippen LogP contribution in [-0.4, -0.2) is 94.1 Å². The summed E-state index contributed by atoms with van der Waals surface area (Å²) in [6.07, 6.45) is 3.98. The number of benzene rings is 1. The average molecular weight is 749 g/mol. The molecule has 0 saturated carbocycles. The van der Waals surface area contributed by atoms with Crippen LogP contribution in [0.25, 0.3) is 11.1 Å². The molecule has 18 nitrogen and oxygen atoms in total. The zero-order chi connectivity index (χ0) is 36.9. The molecule has 1 aromatic carbocycles. The number of carbonyl (C=O) groups excluding carboxylic acids is 2. The predicted molar refractivity (Wildman–Crippen MR) is 181 cm³/mol. The minimum atomic E-state index is -5.24. The highest BCUT2D eigenvalue weighted by Crippen LogP contribution is 2.40. The number of anilines is 1. The summed E-state index contributed by atoms with van der Waals surface area (Å²) in [4.78, 5) is 47.4. The number of aliphatic carboxylic acids is 1. The Kier molecular flexibility index (Phi) is 11.7. The lowest BCUT2D eigenvalue weighted by atomic mass is 9.74. The Labute approximate surface area is 297 Å². The molecule has 3 aromatic rings. The van der Waals surface area contributed by atoms with Gasteiger partial charge < -0.3 is 36.0 Å². The summed E-state index contributed by atoms with van der Waals surface area (Å²) in [5.74, 6) is -3.32. The van der Waals surface area contributed by atoms with Gasteiger partial charge in [-0.2, -0.15) is 14.0 Å². The van der Waals surface area contributed by atoms with Gasteiger partial charge in [0.15, 0.2) is 23.2 Å². The van der Waals surface area contributed by atoms with Crippen molar-refractivity contribution in [1.82, 2.24) is 20.0 Å². The molecular weight excluding hydrogens is 709 g/mol. The number of aryl methyl sites for hydroxylation is 1. The molecule has 0 radical (unpaired) electrons. The van der Waals surface area contributed by atoms with Crippen LogP contribution in [0.5, 0.6) is 5.75 Å². The molecule has 5 rings (SSSR count). The number of Topliss-reactive ketones (excluding diaryl/α,β-unsaturated/α-hetero) is 1. The summed E-state index contributed by atoms with van der Waals surface area (Å²) in [5.41, 5.74) is 11.6. The molecule has 51 heavy (non-hydrogen) atoms. The number of nitrogens with one attached hydrogen (secondary N) is 1. The van der Waals surface area contributed by atoms with Gasteiger partial charge in [-0.3, -0.25) is 9.59 Å². The second kappa shape index (κ2) is 15.8. The normalized spacial score (nSPS) is 19.5. The minimum absolute atomic E-state index is 0.0268. The molecule has 0 bridgehead atoms. The maximum atomic E-state index is 13.4. The van der Waals surface area contributed by atoms with Crippen molar-refractivity contribution >= 4 is 50.2 Å². The van der Waals surface area contributed by atoms with E-state index in [0.29, 0.717) is 23.3 Å². The zero-order valence-corrected chi connectivity index (χ0v) is 29.6. The van der Waals surface area contributed by atoms with Crippen LogP contribution in [-0.2, 0) is 47.0 Å². The van der Waals surface area contributed by atoms with Gasteiger partial charge in [0.05, 0.1) is 29.8 Å². The van der Waals surface area contributed by atoms with Crippen LogP contribution in [0.4, 0.5) is 5.13 Å². The van der Waals surface area contributed by atoms with Crippen LogP contribution in [0.15, 0.2) is 47.2 Å². The van der Waals surface area contributed by atoms with Crippen LogP contribution >= 0.6 is 11.3 Å². The molecule has 20 heteroatoms. The molecule has 2 aromatic heterocycles. The van der Waals surface area contributed by atoms with Gasteiger partial charge in [0.25, 0.3) is 12.0 Å². The number of aromatic nitrogens is 3. The fraction of sp³-hybridized carbons (Fsp3) is 0.484. The first kappa shape index (κ1) is 37.8. The number of hydrogen-bond donors (Lipinski definition) is 4. The summed E-state index contributed by atoms with van der Waals surface area (Å²) in [5, 5.41) is 18.9. The summed E-state index contributed by atoms with van der Waals surface area (Å²) in [6.45, 7) is 6.59. The smallest absolute Gasteiger partial charge is 0.351 e. The number of oxime groups is 1. The van der Waals surface area contributed by atoms with E-state index in [0.717, 1.165) is 61.5 Å². The maximum absolute atomic E-state index is 13.4. The minimum Gasteiger partial charge on any atom is -0.724 e. The van der Waals surface area contributed by atoms with E-state index in [4.69, 9.17) is 21.0 Å². The number of β-lactam (4-membered cyclic amide) rings is 1. The number of ketones is 1. The van der Waals surface area contributed by atoms with E-state index in [2.05, 4.69) is 41.5 Å². The van der Waals surface area contributed by atoms with Crippen molar-refractivity contribution in [2.24, 2.45) is 22.7 Å². The molecule has 6 N–H and O–H groups in total. The molecule has 2 saturated heterocycles. The van der Waals surface area contributed by atoms with Crippen molar-refractivity contribution in [3.05, 3.63) is 47.7 Å². The molecule has 2 aliphatic heterocycles. The summed E-state index contributed by atoms with van der Waals surface area (Å²) < 4.78 is 47.5. The highest BCUT2D eigenvalue weighted by atomic mass is 32.3. The second-order valence-corrected chi connectivity index (χ2v) is 14.6. The van der Waals surface area contributed by atoms with Crippen molar-refractivity contribution < 1.29 is 51.0 Å². The maximum Gasteiger partial charge on any atom is 0.351 e. The quantitative estimate of drug-likeness (QED) is 0.0340. The summed E-state index contributed by atoms with van der Waals surface area (Å²) in [6, 6.07) is 7.13. The van der Waals surface area contributed by atoms with Crippen molar-refractivity contribution in [3.63, 3.8) is 0 Å². The van der Waals surface area contributed by atoms with E-state index < -0.39 is 64.4 Å². The third kappa shape index (κ3) is 9.26. The topological polar surface area (TPSA) is 258 Å². The van der Waals surface area contributed by atoms with Crippen molar-refractivity contribution in [2.75, 3.05) is 32.0 Å². The largest absolute Gasteiger partial charge is 0.724 e. The summed E-state index contributed by atoms with van der Waals surface area (Å²) >= 11 is 0.986. The van der Waals surface area contributed by atoms with Crippen LogP contribution in [0, 0.1) is 11.8 Å². The van der Waals surface area contributed by atoms with Crippen molar-refractivity contribution in [1.29, 1.82) is 0 Å². The second-order valence-electron chi connectivity index (χ2n) is 12.7. The molecule has 0 aliphatic carbocycles. The average Bonchev–Trinajstić information content (AvgIpc) is 3.85. The number of carboxylic acid groups (broad SMARTS) is 1. The zero-order valence-electron chi connectivity index (χ0n) is 28.0. The van der Waals surface area contributed by atoms with Crippen molar-refractivity contribution in [2.45, 2.75) is 57.8 Å². The lowest BCUT2D eigenvalue weighted by molar-refractivity contribution is -0.780. The molecule has 3 atom stereocenters. The Morgan fingerprint density at radius 2 is 2.02 bits per heavy atom. The Balaban J connectivity index is 1.25. The van der Waals surface area contributed by atoms with Gasteiger partial charge in [0.1, 0.15) is 18.1 Å². The lowest BCUT2D eigenvalue weighted by Crippen LogP contribution is -2.68. The van der Waals surface area contributed by atoms with Gasteiger partial charge in [-0.15, -0.1) is 16.0 Å². The van der Waals surface area contributed by atoms with Gasteiger partial charge in [-0.25, -0.2) is 18.2 Å². The molecule has 1 amide bonds. The highest BCUT2D eigenvalue weighted by Gasteiger charge is 2.57. The van der Waals surface area contributed by atoms with Gasteiger partial charge >= 0.3 is 5.97 Å². The standard InChI is InChI=1S/C31H40N8O10S2/c1-31(2)23(28(41)39(31)49-51(44,45)46)12-25(40)27(24-18-50-30(33)35-24)36-48-26(29(42)43)17-47-22-6-4-20(5-7-22)21-15-37(11-3-9-32)38(16-21)14-19-8-10-34-13-19/h4-7,15-16,18-19,23,26,34H,3,8-14,17,32H2,1-2H3,(H3-,33,35,42,43,44,45,46)/b36-27-/t19?,23?,26-/m0/s1. The first-order chi connectivity index (χ1) is 24.2. The summed E-state index contributed by atoms with van der Waals surface area (Å²) in [7, 11) is -5.24. The van der Waals surface area contributed by atoms with Gasteiger partial charge in [-0.1, -0.05) is 17.3 Å². The third-order valence-electron chi connectivity index (χ3n) is 8.70. The van der Waals surface area contributed by atoms with E-state index in [-0.39, 0.29) is 10.8 Å². The number of carbonyl (C=O) groups is 3. The Hall–Kier alpha value is -4.47. The number of thiazole rings is 1. The van der Waals surface area contributed by atoms with E-state index in [1.807, 2.05) is 12.1 Å². The molecule has 0 spiro atoms. The molecule has 276 valence electrons. The fourth-order valence-electron chi connectivity index (χ4n) is 5.85. The van der Waals surface area contributed by atoms with Crippen LogP contribution in [0.1, 0.15) is 38.8 Å². The monoisotopic (exact) mass is 748 g/mol. The third-order valence-corrected chi connectivity index (χ3v) is 9.70. The lowest BCUT2D eigenvalue weighted by Gasteiger charge is -2.51. The number of hydroxylamine groups is 2. The first-order valence-corrected chi connectivity index (χ1v) is 18.3. The fourth-order valence-corrected chi connectivity index (χ4v) is 6.85. The van der Waals surface area contributed by atoms with E-state index in [9.17, 15) is 32.5 Å². The van der Waals surface area contributed by atoms with Crippen molar-refractivity contribution in [3.8, 4) is 16.9 Å². The number of nitrogen functional groups attached to an aromatic ring is 1. The predicted octanol–water partition coefficient (Wildman–Crippen LogP) is 0.281. The SMILES string of the molecule is CC1(C)C(CC(=O)/C(=N\O[C@@H](COc2ccc(-c3cn(CCCN)[n+](CC4CCNC4)c3)cc2)C(=O)O)c2csc(N)n2)C(=O)N1OS(=O)(=O)[O-]. The molecular formula is C31H40N8O10S2.